The minimum absolute atomic E-state index is 0.00442. The molecule has 0 unspecified atom stereocenters. The minimum Gasteiger partial charge on any atom is -0.502 e. The van der Waals surface area contributed by atoms with Gasteiger partial charge in [-0.05, 0) is 40.2 Å². The Kier molecular flexibility index (Phi) is 5.15. The number of hydrogen-bond acceptors (Lipinski definition) is 6. The summed E-state index contributed by atoms with van der Waals surface area (Å²) >= 11 is 6.70. The number of rotatable bonds is 4. The number of aromatic hydroxyl groups is 1. The monoisotopic (exact) mass is 484 g/mol. The van der Waals surface area contributed by atoms with Crippen LogP contribution in [-0.4, -0.2) is 26.4 Å². The lowest BCUT2D eigenvalue weighted by Gasteiger charge is -2.14. The van der Waals surface area contributed by atoms with Gasteiger partial charge in [-0.3, -0.25) is 4.79 Å². The average Bonchev–Trinajstić information content (AvgIpc) is 2.63. The molecule has 0 aliphatic heterocycles. The lowest BCUT2D eigenvalue weighted by Crippen LogP contribution is -2.03. The molecular weight excluding hydrogens is 472 g/mol. The molecule has 1 heterocycles. The van der Waals surface area contributed by atoms with Crippen molar-refractivity contribution in [3.05, 3.63) is 43.4 Å². The van der Waals surface area contributed by atoms with Gasteiger partial charge in [-0.2, -0.15) is 0 Å². The number of fused-ring (bicyclic) bond motifs is 1. The van der Waals surface area contributed by atoms with Crippen LogP contribution in [-0.2, 0) is 0 Å². The predicted octanol–water partition coefficient (Wildman–Crippen LogP) is 4.72. The molecule has 6 nitrogen and oxygen atoms in total. The Morgan fingerprint density at radius 1 is 0.962 bits per heavy atom. The summed E-state index contributed by atoms with van der Waals surface area (Å²) in [6.45, 7) is 0. The molecule has 3 aromatic rings. The predicted molar refractivity (Wildman–Crippen MR) is 105 cm³/mol. The molecule has 26 heavy (non-hydrogen) atoms. The van der Waals surface area contributed by atoms with E-state index >= 15 is 0 Å². The van der Waals surface area contributed by atoms with E-state index in [1.807, 2.05) is 0 Å². The van der Waals surface area contributed by atoms with E-state index in [9.17, 15) is 9.90 Å². The highest BCUT2D eigenvalue weighted by Gasteiger charge is 2.21. The Morgan fingerprint density at radius 2 is 1.58 bits per heavy atom. The van der Waals surface area contributed by atoms with E-state index in [-0.39, 0.29) is 11.1 Å². The number of hydrogen-bond donors (Lipinski definition) is 1. The molecule has 0 amide bonds. The molecule has 2 aromatic carbocycles. The molecule has 0 spiro atoms. The quantitative estimate of drug-likeness (QED) is 0.576. The van der Waals surface area contributed by atoms with Gasteiger partial charge < -0.3 is 23.7 Å². The van der Waals surface area contributed by atoms with E-state index in [1.54, 1.807) is 24.3 Å². The van der Waals surface area contributed by atoms with Crippen molar-refractivity contribution in [1.29, 1.82) is 0 Å². The Hall–Kier alpha value is -2.19. The van der Waals surface area contributed by atoms with Gasteiger partial charge in [0.15, 0.2) is 22.8 Å². The van der Waals surface area contributed by atoms with Gasteiger partial charge in [-0.25, -0.2) is 0 Å². The van der Waals surface area contributed by atoms with Crippen molar-refractivity contribution in [3.63, 3.8) is 0 Å². The third kappa shape index (κ3) is 3.03. The third-order valence-electron chi connectivity index (χ3n) is 3.81. The first kappa shape index (κ1) is 18.6. The summed E-state index contributed by atoms with van der Waals surface area (Å²) in [6, 6.07) is 6.53. The molecule has 3 rings (SSSR count). The van der Waals surface area contributed by atoms with Crippen LogP contribution >= 0.6 is 31.9 Å². The minimum atomic E-state index is -0.544. The van der Waals surface area contributed by atoms with Crippen LogP contribution in [0.4, 0.5) is 0 Å². The summed E-state index contributed by atoms with van der Waals surface area (Å²) < 4.78 is 23.0. The molecule has 0 fully saturated rings. The zero-order chi connectivity index (χ0) is 19.0. The zero-order valence-electron chi connectivity index (χ0n) is 14.1. The van der Waals surface area contributed by atoms with Gasteiger partial charge in [-0.1, -0.05) is 15.9 Å². The second kappa shape index (κ2) is 7.20. The van der Waals surface area contributed by atoms with E-state index < -0.39 is 11.2 Å². The van der Waals surface area contributed by atoms with E-state index in [1.165, 1.54) is 21.3 Å². The molecule has 0 saturated heterocycles. The van der Waals surface area contributed by atoms with E-state index in [4.69, 9.17) is 18.6 Å². The zero-order valence-corrected chi connectivity index (χ0v) is 17.2. The van der Waals surface area contributed by atoms with Crippen molar-refractivity contribution in [2.45, 2.75) is 0 Å². The maximum atomic E-state index is 12.6. The van der Waals surface area contributed by atoms with Crippen LogP contribution in [0.5, 0.6) is 23.0 Å². The Morgan fingerprint density at radius 3 is 2.12 bits per heavy atom. The van der Waals surface area contributed by atoms with Crippen LogP contribution in [0.15, 0.2) is 42.4 Å². The Bertz CT molecular complexity index is 1030. The van der Waals surface area contributed by atoms with Gasteiger partial charge in [0.05, 0.1) is 31.2 Å². The standard InChI is InChI=1S/C18H14Br2O6/c1-23-12-4-8(5-13(24-2)18(12)25-3)16-15(22)14(21)10-6-9(19)7-11(20)17(10)26-16/h4-7,22H,1-3H3. The van der Waals surface area contributed by atoms with Crippen LogP contribution in [0, 0.1) is 0 Å². The van der Waals surface area contributed by atoms with Crippen molar-refractivity contribution < 1.29 is 23.7 Å². The molecular formula is C18H14Br2O6. The largest absolute Gasteiger partial charge is 0.502 e. The summed E-state index contributed by atoms with van der Waals surface area (Å²) in [7, 11) is 4.44. The summed E-state index contributed by atoms with van der Waals surface area (Å²) in [5, 5.41) is 10.7. The van der Waals surface area contributed by atoms with Crippen molar-refractivity contribution in [1.82, 2.24) is 0 Å². The first-order chi connectivity index (χ1) is 12.4. The van der Waals surface area contributed by atoms with Gasteiger partial charge in [0, 0.05) is 10.0 Å². The molecule has 0 saturated carbocycles. The summed E-state index contributed by atoms with van der Waals surface area (Å²) in [5.41, 5.74) is 0.183. The topological polar surface area (TPSA) is 78.1 Å². The van der Waals surface area contributed by atoms with E-state index in [2.05, 4.69) is 31.9 Å². The van der Waals surface area contributed by atoms with E-state index in [0.717, 1.165) is 0 Å². The van der Waals surface area contributed by atoms with Crippen LogP contribution in [0.3, 0.4) is 0 Å². The molecule has 8 heteroatoms. The van der Waals surface area contributed by atoms with Crippen LogP contribution in [0.1, 0.15) is 0 Å². The average molecular weight is 486 g/mol. The normalized spacial score (nSPS) is 10.8. The Balaban J connectivity index is 2.36. The summed E-state index contributed by atoms with van der Waals surface area (Å²) in [5.74, 6) is 0.644. The fourth-order valence-electron chi connectivity index (χ4n) is 2.62. The van der Waals surface area contributed by atoms with Crippen LogP contribution in [0.25, 0.3) is 22.3 Å². The fraction of sp³-hybridized carbons (Fsp3) is 0.167. The summed E-state index contributed by atoms with van der Waals surface area (Å²) in [4.78, 5) is 12.6. The number of benzene rings is 2. The molecule has 0 aliphatic carbocycles. The van der Waals surface area contributed by atoms with Crippen LogP contribution < -0.4 is 19.6 Å². The first-order valence-electron chi connectivity index (χ1n) is 7.36. The molecule has 0 aliphatic rings. The van der Waals surface area contributed by atoms with Crippen molar-refractivity contribution in [3.8, 4) is 34.3 Å². The Labute approximate surface area is 165 Å². The van der Waals surface area contributed by atoms with E-state index in [0.29, 0.717) is 37.3 Å². The summed E-state index contributed by atoms with van der Waals surface area (Å²) in [6.07, 6.45) is 0. The maximum Gasteiger partial charge on any atom is 0.235 e. The number of methoxy groups -OCH3 is 3. The molecule has 136 valence electrons. The molecule has 0 atom stereocenters. The molecule has 0 radical (unpaired) electrons. The lowest BCUT2D eigenvalue weighted by atomic mass is 10.1. The second-order valence-corrected chi connectivity index (χ2v) is 7.06. The van der Waals surface area contributed by atoms with Gasteiger partial charge >= 0.3 is 0 Å². The highest BCUT2D eigenvalue weighted by atomic mass is 79.9. The first-order valence-corrected chi connectivity index (χ1v) is 8.95. The number of ether oxygens (including phenoxy) is 3. The molecule has 1 aromatic heterocycles. The SMILES string of the molecule is COc1cc(-c2oc3c(Br)cc(Br)cc3c(=O)c2O)cc(OC)c1OC. The third-order valence-corrected chi connectivity index (χ3v) is 4.86. The second-order valence-electron chi connectivity index (χ2n) is 5.29. The van der Waals surface area contributed by atoms with Gasteiger partial charge in [0.25, 0.3) is 0 Å². The lowest BCUT2D eigenvalue weighted by molar-refractivity contribution is 0.324. The molecule has 1 N–H and O–H groups in total. The highest BCUT2D eigenvalue weighted by molar-refractivity contribution is 9.11. The fourth-order valence-corrected chi connectivity index (χ4v) is 3.93. The van der Waals surface area contributed by atoms with Gasteiger partial charge in [0.2, 0.25) is 16.9 Å². The smallest absolute Gasteiger partial charge is 0.235 e. The van der Waals surface area contributed by atoms with Crippen molar-refractivity contribution in [2.24, 2.45) is 0 Å². The highest BCUT2D eigenvalue weighted by Crippen LogP contribution is 2.43. The van der Waals surface area contributed by atoms with Crippen molar-refractivity contribution >= 4 is 42.8 Å². The molecule has 0 bridgehead atoms. The maximum absolute atomic E-state index is 12.6. The number of halogens is 2. The van der Waals surface area contributed by atoms with Crippen LogP contribution in [0.2, 0.25) is 0 Å². The van der Waals surface area contributed by atoms with Crippen molar-refractivity contribution in [2.75, 3.05) is 21.3 Å². The van der Waals surface area contributed by atoms with Gasteiger partial charge in [0.1, 0.15) is 0 Å². The van der Waals surface area contributed by atoms with Gasteiger partial charge in [-0.15, -0.1) is 0 Å².